The van der Waals surface area contributed by atoms with E-state index in [9.17, 15) is 19.2 Å². The summed E-state index contributed by atoms with van der Waals surface area (Å²) in [5.74, 6) is -1.43. The summed E-state index contributed by atoms with van der Waals surface area (Å²) in [5, 5.41) is 15.5. The molecule has 1 fully saturated rings. The van der Waals surface area contributed by atoms with E-state index in [1.54, 1.807) is 29.8 Å². The molecule has 11 heteroatoms. The molecule has 0 aliphatic carbocycles. The fourth-order valence-corrected chi connectivity index (χ4v) is 5.67. The number of nitrogens with one attached hydrogen (secondary N) is 4. The third kappa shape index (κ3) is 7.28. The highest BCUT2D eigenvalue weighted by Crippen LogP contribution is 2.30. The smallest absolute Gasteiger partial charge is 0.267 e. The van der Waals surface area contributed by atoms with E-state index in [1.165, 1.54) is 38.7 Å². The van der Waals surface area contributed by atoms with E-state index in [0.717, 1.165) is 30.6 Å². The average Bonchev–Trinajstić information content (AvgIpc) is 3.55. The number of aryl methyl sites for hydroxylation is 1. The monoisotopic (exact) mass is 608 g/mol. The predicted molar refractivity (Wildman–Crippen MR) is 171 cm³/mol. The van der Waals surface area contributed by atoms with Gasteiger partial charge in [-0.25, -0.2) is 5.48 Å². The maximum atomic E-state index is 12.3. The molecule has 0 saturated carbocycles. The number of nitrogens with two attached hydrogens (primary N) is 1. The van der Waals surface area contributed by atoms with Crippen LogP contribution < -0.4 is 21.8 Å². The van der Waals surface area contributed by atoms with Crippen LogP contribution >= 0.6 is 0 Å². The molecule has 7 N–H and O–H groups in total. The minimum absolute atomic E-state index is 0.197. The van der Waals surface area contributed by atoms with Gasteiger partial charge in [0.05, 0.1) is 0 Å². The minimum Gasteiger partial charge on any atom is -0.398 e. The number of carbonyl (C=O) groups excluding carboxylic acids is 4. The topological polar surface area (TPSA) is 170 Å². The molecule has 45 heavy (non-hydrogen) atoms. The number of benzene rings is 3. The van der Waals surface area contributed by atoms with Gasteiger partial charge in [-0.2, -0.15) is 0 Å². The van der Waals surface area contributed by atoms with E-state index in [1.807, 2.05) is 24.3 Å². The van der Waals surface area contributed by atoms with E-state index < -0.39 is 17.9 Å². The average molecular weight is 609 g/mol. The van der Waals surface area contributed by atoms with Crippen LogP contribution in [0.2, 0.25) is 0 Å². The highest BCUT2D eigenvalue weighted by Gasteiger charge is 2.39. The summed E-state index contributed by atoms with van der Waals surface area (Å²) >= 11 is 0. The van der Waals surface area contributed by atoms with Crippen molar-refractivity contribution >= 4 is 46.3 Å². The lowest BCUT2D eigenvalue weighted by Gasteiger charge is -2.29. The summed E-state index contributed by atoms with van der Waals surface area (Å²) in [6.45, 7) is 4.15. The van der Waals surface area contributed by atoms with Crippen molar-refractivity contribution in [2.45, 2.75) is 45.3 Å². The fourth-order valence-electron chi connectivity index (χ4n) is 5.67. The number of amides is 4. The number of H-pyrrole nitrogens is 1. The number of aromatic nitrogens is 1. The van der Waals surface area contributed by atoms with Gasteiger partial charge in [0.15, 0.2) is 0 Å². The third-order valence-electron chi connectivity index (χ3n) is 8.04. The summed E-state index contributed by atoms with van der Waals surface area (Å²) in [6, 6.07) is 20.9. The standard InChI is InChI=1S/C21H23N3O2.C13H13N3O3/c1-15-18(19-4-2-3-5-20(19)23-15)12-13-22-14-17-8-6-16(7-9-17)10-11-21(25)24-26;14-9-3-1-2-7-8(9)6-16(13(7)19)10-4-5-11(17)15-12(10)18/h2-11,22-23,26H,12-14H2,1H3,(H,24,25);1-3,10H,4-6,14H2,(H,15,17,18)/b11-10+;. The summed E-state index contributed by atoms with van der Waals surface area (Å²) in [4.78, 5) is 51.1. The number of rotatable bonds is 8. The summed E-state index contributed by atoms with van der Waals surface area (Å²) in [5.41, 5.74) is 15.2. The number of aromatic amines is 1. The van der Waals surface area contributed by atoms with Crippen LogP contribution in [-0.4, -0.2) is 51.3 Å². The zero-order chi connectivity index (χ0) is 31.9. The van der Waals surface area contributed by atoms with E-state index in [0.29, 0.717) is 24.2 Å². The van der Waals surface area contributed by atoms with Crippen molar-refractivity contribution in [3.8, 4) is 0 Å². The Morgan fingerprint density at radius 2 is 1.84 bits per heavy atom. The summed E-state index contributed by atoms with van der Waals surface area (Å²) in [6.07, 6.45) is 4.54. The summed E-state index contributed by atoms with van der Waals surface area (Å²) < 4.78 is 0. The molecule has 0 radical (unpaired) electrons. The number of nitrogens with zero attached hydrogens (tertiary/aromatic N) is 1. The number of anilines is 1. The molecule has 4 amide bonds. The molecule has 0 spiro atoms. The molecule has 1 saturated heterocycles. The number of hydroxylamine groups is 1. The number of fused-ring (bicyclic) bond motifs is 2. The molecule has 1 unspecified atom stereocenters. The Morgan fingerprint density at radius 3 is 2.58 bits per heavy atom. The summed E-state index contributed by atoms with van der Waals surface area (Å²) in [7, 11) is 0. The molecule has 2 aliphatic heterocycles. The van der Waals surface area contributed by atoms with Gasteiger partial charge in [0.1, 0.15) is 6.04 Å². The van der Waals surface area contributed by atoms with E-state index >= 15 is 0 Å². The first-order chi connectivity index (χ1) is 21.7. The number of piperidine rings is 1. The molecule has 3 aromatic carbocycles. The highest BCUT2D eigenvalue weighted by atomic mass is 16.5. The van der Waals surface area contributed by atoms with Crippen molar-refractivity contribution in [2.75, 3.05) is 12.3 Å². The lowest BCUT2D eigenvalue weighted by Crippen LogP contribution is -2.52. The number of carbonyl (C=O) groups is 4. The molecule has 4 aromatic rings. The Balaban J connectivity index is 0.000000186. The van der Waals surface area contributed by atoms with Crippen molar-refractivity contribution in [1.29, 1.82) is 0 Å². The third-order valence-corrected chi connectivity index (χ3v) is 8.04. The second-order valence-electron chi connectivity index (χ2n) is 11.0. The molecular weight excluding hydrogens is 572 g/mol. The van der Waals surface area contributed by atoms with Crippen LogP contribution in [0.25, 0.3) is 17.0 Å². The van der Waals surface area contributed by atoms with Crippen LogP contribution in [0.15, 0.2) is 72.8 Å². The molecular formula is C34H36N6O5. The van der Waals surface area contributed by atoms with Crippen LogP contribution in [0, 0.1) is 6.92 Å². The number of nitrogen functional groups attached to an aromatic ring is 1. The number of hydrogen-bond acceptors (Lipinski definition) is 7. The van der Waals surface area contributed by atoms with Gasteiger partial charge in [-0.15, -0.1) is 0 Å². The Morgan fingerprint density at radius 1 is 1.07 bits per heavy atom. The van der Waals surface area contributed by atoms with Crippen LogP contribution in [0.4, 0.5) is 5.69 Å². The van der Waals surface area contributed by atoms with Crippen molar-refractivity contribution < 1.29 is 24.4 Å². The largest absolute Gasteiger partial charge is 0.398 e. The Kier molecular flexibility index (Phi) is 9.71. The maximum absolute atomic E-state index is 12.3. The second-order valence-corrected chi connectivity index (χ2v) is 11.0. The lowest BCUT2D eigenvalue weighted by molar-refractivity contribution is -0.137. The van der Waals surface area contributed by atoms with Crippen molar-refractivity contribution in [1.82, 2.24) is 26.0 Å². The second kappa shape index (κ2) is 14.0. The van der Waals surface area contributed by atoms with Crippen LogP contribution in [0.1, 0.15) is 51.1 Å². The molecule has 232 valence electrons. The fraction of sp³-hybridized carbons (Fsp3) is 0.235. The predicted octanol–water partition coefficient (Wildman–Crippen LogP) is 3.36. The molecule has 2 aliphatic rings. The Labute approximate surface area is 260 Å². The maximum Gasteiger partial charge on any atom is 0.267 e. The van der Waals surface area contributed by atoms with Gasteiger partial charge in [-0.05, 0) is 67.3 Å². The lowest BCUT2D eigenvalue weighted by atomic mass is 10.0. The van der Waals surface area contributed by atoms with Crippen LogP contribution in [0.3, 0.4) is 0 Å². The van der Waals surface area contributed by atoms with Gasteiger partial charge in [-0.3, -0.25) is 29.7 Å². The van der Waals surface area contributed by atoms with Crippen molar-refractivity contribution in [3.63, 3.8) is 0 Å². The number of hydrogen-bond donors (Lipinski definition) is 6. The first-order valence-corrected chi connectivity index (χ1v) is 14.7. The minimum atomic E-state index is -0.586. The van der Waals surface area contributed by atoms with Gasteiger partial charge in [0.2, 0.25) is 11.8 Å². The van der Waals surface area contributed by atoms with Gasteiger partial charge in [0, 0.05) is 59.0 Å². The molecule has 1 atom stereocenters. The van der Waals surface area contributed by atoms with Gasteiger partial charge < -0.3 is 20.9 Å². The van der Waals surface area contributed by atoms with Crippen LogP contribution in [0.5, 0.6) is 0 Å². The van der Waals surface area contributed by atoms with Crippen molar-refractivity contribution in [3.05, 3.63) is 106 Å². The zero-order valence-electron chi connectivity index (χ0n) is 24.9. The van der Waals surface area contributed by atoms with Crippen LogP contribution in [-0.2, 0) is 33.9 Å². The molecule has 11 nitrogen and oxygen atoms in total. The van der Waals surface area contributed by atoms with E-state index in [2.05, 4.69) is 46.8 Å². The molecule has 3 heterocycles. The first kappa shape index (κ1) is 31.2. The quantitative estimate of drug-likeness (QED) is 0.0445. The van der Waals surface area contributed by atoms with E-state index in [4.69, 9.17) is 10.9 Å². The van der Waals surface area contributed by atoms with Crippen molar-refractivity contribution in [2.24, 2.45) is 0 Å². The zero-order valence-corrected chi connectivity index (χ0v) is 24.9. The number of imide groups is 1. The van der Waals surface area contributed by atoms with Gasteiger partial charge in [0.25, 0.3) is 11.8 Å². The SMILES string of the molecule is Cc1[nH]c2ccccc2c1CCNCc1ccc(/C=C/C(=O)NO)cc1.Nc1cccc2c1CN(C1CCC(=O)NC1=O)C2=O. The molecule has 0 bridgehead atoms. The Hall–Kier alpha value is -5.26. The normalized spacial score (nSPS) is 16.0. The first-order valence-electron chi connectivity index (χ1n) is 14.7. The molecule has 1 aromatic heterocycles. The van der Waals surface area contributed by atoms with Gasteiger partial charge in [-0.1, -0.05) is 48.5 Å². The number of para-hydroxylation sites is 1. The Bertz CT molecular complexity index is 1760. The molecule has 6 rings (SSSR count). The highest BCUT2D eigenvalue weighted by molar-refractivity contribution is 6.06. The van der Waals surface area contributed by atoms with E-state index in [-0.39, 0.29) is 18.2 Å². The van der Waals surface area contributed by atoms with Gasteiger partial charge >= 0.3 is 0 Å².